The fourth-order valence-electron chi connectivity index (χ4n) is 1.14. The summed E-state index contributed by atoms with van der Waals surface area (Å²) in [4.78, 5) is 21.7. The molecule has 92 valence electrons. The van der Waals surface area contributed by atoms with Crippen molar-refractivity contribution in [3.8, 4) is 0 Å². The zero-order chi connectivity index (χ0) is 12.8. The van der Waals surface area contributed by atoms with Gasteiger partial charge in [-0.2, -0.15) is 0 Å². The highest BCUT2D eigenvalue weighted by Crippen LogP contribution is 2.02. The van der Waals surface area contributed by atoms with Gasteiger partial charge in [0.05, 0.1) is 0 Å². The first-order valence-corrected chi connectivity index (χ1v) is 5.00. The Morgan fingerprint density at radius 3 is 2.76 bits per heavy atom. The third-order valence-electron chi connectivity index (χ3n) is 2.06. The molecule has 1 atom stereocenters. The van der Waals surface area contributed by atoms with Crippen molar-refractivity contribution < 1.29 is 19.1 Å². The number of benzene rings is 1. The van der Waals surface area contributed by atoms with Crippen LogP contribution in [0.2, 0.25) is 0 Å². The monoisotopic (exact) mass is 240 g/mol. The second-order valence-electron chi connectivity index (χ2n) is 3.52. The van der Waals surface area contributed by atoms with Gasteiger partial charge in [0.25, 0.3) is 0 Å². The Labute approximate surface area is 97.6 Å². The average Bonchev–Trinajstić information content (AvgIpc) is 2.26. The molecule has 0 saturated carbocycles. The second kappa shape index (κ2) is 5.83. The third-order valence-corrected chi connectivity index (χ3v) is 2.06. The second-order valence-corrected chi connectivity index (χ2v) is 3.52. The van der Waals surface area contributed by atoms with E-state index in [0.717, 1.165) is 0 Å². The Kier molecular flexibility index (Phi) is 4.45. The molecule has 0 bridgehead atoms. The predicted octanol–water partition coefficient (Wildman–Crippen LogP) is 1.10. The number of aliphatic carboxylic acids is 1. The molecule has 0 aliphatic heterocycles. The van der Waals surface area contributed by atoms with Crippen molar-refractivity contribution in [1.82, 2.24) is 10.6 Å². The minimum absolute atomic E-state index is 0.135. The van der Waals surface area contributed by atoms with E-state index in [-0.39, 0.29) is 12.4 Å². The van der Waals surface area contributed by atoms with Gasteiger partial charge in [-0.3, -0.25) is 4.79 Å². The van der Waals surface area contributed by atoms with Crippen LogP contribution in [0.25, 0.3) is 0 Å². The van der Waals surface area contributed by atoms with Crippen molar-refractivity contribution in [2.45, 2.75) is 19.5 Å². The summed E-state index contributed by atoms with van der Waals surface area (Å²) in [6.45, 7) is 1.49. The van der Waals surface area contributed by atoms with Crippen LogP contribution in [0.5, 0.6) is 0 Å². The maximum atomic E-state index is 12.8. The lowest BCUT2D eigenvalue weighted by Gasteiger charge is -2.10. The molecule has 0 saturated heterocycles. The van der Waals surface area contributed by atoms with Gasteiger partial charge in [-0.25, -0.2) is 9.18 Å². The van der Waals surface area contributed by atoms with Crippen LogP contribution in [-0.2, 0) is 11.3 Å². The Hall–Kier alpha value is -2.11. The van der Waals surface area contributed by atoms with E-state index in [4.69, 9.17) is 5.11 Å². The molecule has 5 nitrogen and oxygen atoms in total. The molecule has 3 N–H and O–H groups in total. The number of halogens is 1. The Morgan fingerprint density at radius 1 is 1.47 bits per heavy atom. The van der Waals surface area contributed by atoms with E-state index in [1.807, 2.05) is 0 Å². The van der Waals surface area contributed by atoms with Gasteiger partial charge in [-0.15, -0.1) is 0 Å². The van der Waals surface area contributed by atoms with Gasteiger partial charge in [0.15, 0.2) is 0 Å². The van der Waals surface area contributed by atoms with Crippen molar-refractivity contribution in [1.29, 1.82) is 0 Å². The highest BCUT2D eigenvalue weighted by atomic mass is 19.1. The fraction of sp³-hybridized carbons (Fsp3) is 0.273. The van der Waals surface area contributed by atoms with Gasteiger partial charge in [0, 0.05) is 6.54 Å². The van der Waals surface area contributed by atoms with Crippen LogP contribution in [0.1, 0.15) is 12.5 Å². The number of amides is 2. The van der Waals surface area contributed by atoms with Crippen LogP contribution in [0.15, 0.2) is 24.3 Å². The number of urea groups is 1. The van der Waals surface area contributed by atoms with Crippen molar-refractivity contribution in [3.05, 3.63) is 35.6 Å². The molecule has 0 aliphatic rings. The van der Waals surface area contributed by atoms with Crippen molar-refractivity contribution >= 4 is 12.0 Å². The summed E-state index contributed by atoms with van der Waals surface area (Å²) in [6.07, 6.45) is 0. The molecule has 1 unspecified atom stereocenters. The normalized spacial score (nSPS) is 11.6. The van der Waals surface area contributed by atoms with Gasteiger partial charge in [-0.1, -0.05) is 12.1 Å². The number of hydrogen-bond acceptors (Lipinski definition) is 2. The topological polar surface area (TPSA) is 78.4 Å². The van der Waals surface area contributed by atoms with Gasteiger partial charge < -0.3 is 15.7 Å². The fourth-order valence-corrected chi connectivity index (χ4v) is 1.14. The number of hydrogen-bond donors (Lipinski definition) is 3. The molecule has 0 radical (unpaired) electrons. The standard InChI is InChI=1S/C11H13FN2O3/c1-7(10(15)16)14-11(17)13-6-8-3-2-4-9(12)5-8/h2-5,7H,6H2,1H3,(H,15,16)(H2,13,14,17). The minimum atomic E-state index is -1.12. The first-order valence-electron chi connectivity index (χ1n) is 5.00. The number of carboxylic acid groups (broad SMARTS) is 1. The molecule has 0 aromatic heterocycles. The van der Waals surface area contributed by atoms with E-state index in [1.54, 1.807) is 6.07 Å². The van der Waals surface area contributed by atoms with Crippen LogP contribution >= 0.6 is 0 Å². The Balaban J connectivity index is 2.41. The molecule has 2 amide bonds. The minimum Gasteiger partial charge on any atom is -0.480 e. The van der Waals surface area contributed by atoms with Crippen LogP contribution < -0.4 is 10.6 Å². The first kappa shape index (κ1) is 13.0. The number of carboxylic acids is 1. The van der Waals surface area contributed by atoms with Gasteiger partial charge in [-0.05, 0) is 24.6 Å². The lowest BCUT2D eigenvalue weighted by molar-refractivity contribution is -0.138. The van der Waals surface area contributed by atoms with E-state index < -0.39 is 18.0 Å². The van der Waals surface area contributed by atoms with Crippen molar-refractivity contribution in [2.75, 3.05) is 0 Å². The Morgan fingerprint density at radius 2 is 2.18 bits per heavy atom. The molecule has 0 spiro atoms. The summed E-state index contributed by atoms with van der Waals surface area (Å²) >= 11 is 0. The highest BCUT2D eigenvalue weighted by Gasteiger charge is 2.13. The summed E-state index contributed by atoms with van der Waals surface area (Å²) in [5, 5.41) is 13.2. The number of carbonyl (C=O) groups is 2. The maximum absolute atomic E-state index is 12.8. The van der Waals surface area contributed by atoms with Crippen molar-refractivity contribution in [3.63, 3.8) is 0 Å². The summed E-state index contributed by atoms with van der Waals surface area (Å²) in [7, 11) is 0. The lowest BCUT2D eigenvalue weighted by atomic mass is 10.2. The largest absolute Gasteiger partial charge is 0.480 e. The van der Waals surface area contributed by atoms with E-state index in [2.05, 4.69) is 10.6 Å². The molecule has 1 aromatic carbocycles. The lowest BCUT2D eigenvalue weighted by Crippen LogP contribution is -2.44. The molecule has 1 rings (SSSR count). The number of rotatable bonds is 4. The maximum Gasteiger partial charge on any atom is 0.325 e. The molecule has 0 fully saturated rings. The zero-order valence-corrected chi connectivity index (χ0v) is 9.24. The average molecular weight is 240 g/mol. The zero-order valence-electron chi connectivity index (χ0n) is 9.24. The molecule has 17 heavy (non-hydrogen) atoms. The molecular formula is C11H13FN2O3. The summed E-state index contributed by atoms with van der Waals surface area (Å²) in [6, 6.07) is 4.21. The summed E-state index contributed by atoms with van der Waals surface area (Å²) in [5.41, 5.74) is 0.600. The van der Waals surface area contributed by atoms with E-state index in [0.29, 0.717) is 5.56 Å². The van der Waals surface area contributed by atoms with Gasteiger partial charge >= 0.3 is 12.0 Å². The highest BCUT2D eigenvalue weighted by molar-refractivity contribution is 5.82. The Bertz CT molecular complexity index is 423. The molecular weight excluding hydrogens is 227 g/mol. The van der Waals surface area contributed by atoms with E-state index >= 15 is 0 Å². The van der Waals surface area contributed by atoms with Crippen LogP contribution in [0.4, 0.5) is 9.18 Å². The number of nitrogens with one attached hydrogen (secondary N) is 2. The van der Waals surface area contributed by atoms with E-state index in [9.17, 15) is 14.0 Å². The molecule has 0 aliphatic carbocycles. The molecule has 1 aromatic rings. The predicted molar refractivity (Wildman–Crippen MR) is 58.9 cm³/mol. The van der Waals surface area contributed by atoms with E-state index in [1.165, 1.54) is 25.1 Å². The van der Waals surface area contributed by atoms with Crippen LogP contribution in [-0.4, -0.2) is 23.1 Å². The first-order chi connectivity index (χ1) is 7.99. The summed E-state index contributed by atoms with van der Waals surface area (Å²) in [5.74, 6) is -1.51. The van der Waals surface area contributed by atoms with Gasteiger partial charge in [0.2, 0.25) is 0 Å². The van der Waals surface area contributed by atoms with Crippen LogP contribution in [0, 0.1) is 5.82 Å². The molecule has 0 heterocycles. The SMILES string of the molecule is CC(NC(=O)NCc1cccc(F)c1)C(=O)O. The number of carbonyl (C=O) groups excluding carboxylic acids is 1. The van der Waals surface area contributed by atoms with Crippen molar-refractivity contribution in [2.24, 2.45) is 0 Å². The third kappa shape index (κ3) is 4.50. The van der Waals surface area contributed by atoms with Crippen LogP contribution in [0.3, 0.4) is 0 Å². The summed E-state index contributed by atoms with van der Waals surface area (Å²) < 4.78 is 12.8. The van der Waals surface area contributed by atoms with Gasteiger partial charge in [0.1, 0.15) is 11.9 Å². The molecule has 6 heteroatoms. The smallest absolute Gasteiger partial charge is 0.325 e. The quantitative estimate of drug-likeness (QED) is 0.737.